The van der Waals surface area contributed by atoms with Gasteiger partial charge >= 0.3 is 16.2 Å². The maximum atomic E-state index is 13.0. The van der Waals surface area contributed by atoms with Crippen LogP contribution in [-0.4, -0.2) is 67.6 Å². The Balaban J connectivity index is 1.44. The van der Waals surface area contributed by atoms with Crippen molar-refractivity contribution < 1.29 is 26.9 Å². The topological polar surface area (TPSA) is 139 Å². The van der Waals surface area contributed by atoms with E-state index in [0.717, 1.165) is 38.0 Å². The summed E-state index contributed by atoms with van der Waals surface area (Å²) in [5.74, 6) is 0.0277. The van der Waals surface area contributed by atoms with Gasteiger partial charge in [-0.25, -0.2) is 9.78 Å². The molecule has 3 rings (SSSR count). The highest BCUT2D eigenvalue weighted by atomic mass is 32.2. The Labute approximate surface area is 277 Å². The average Bonchev–Trinajstić information content (AvgIpc) is 3.34. The van der Waals surface area contributed by atoms with Crippen LogP contribution in [0.3, 0.4) is 0 Å². The molecule has 0 atom stereocenters. The minimum atomic E-state index is -4.05. The second kappa shape index (κ2) is 16.9. The molecular weight excluding hydrogens is 627 g/mol. The van der Waals surface area contributed by atoms with Gasteiger partial charge in [-0.3, -0.25) is 9.69 Å². The molecule has 1 aromatic heterocycles. The Hall–Kier alpha value is -3.42. The zero-order chi connectivity index (χ0) is 33.9. The van der Waals surface area contributed by atoms with Gasteiger partial charge in [0.05, 0.1) is 10.2 Å². The highest BCUT2D eigenvalue weighted by Crippen LogP contribution is 2.31. The highest BCUT2D eigenvalue weighted by Gasteiger charge is 2.19. The smallest absolute Gasteiger partial charge is 0.407 e. The van der Waals surface area contributed by atoms with E-state index < -0.39 is 21.8 Å². The summed E-state index contributed by atoms with van der Waals surface area (Å²) in [4.78, 5) is 31.0. The zero-order valence-electron chi connectivity index (χ0n) is 28.0. The fourth-order valence-electron chi connectivity index (χ4n) is 4.82. The minimum Gasteiger partial charge on any atom is -0.444 e. The molecule has 2 amide bonds. The molecule has 3 aromatic rings. The first-order valence-corrected chi connectivity index (χ1v) is 18.1. The summed E-state index contributed by atoms with van der Waals surface area (Å²) < 4.78 is 37.3. The highest BCUT2D eigenvalue weighted by molar-refractivity contribution is 7.87. The summed E-state index contributed by atoms with van der Waals surface area (Å²) >= 11 is 1.25. The van der Waals surface area contributed by atoms with Crippen LogP contribution in [0, 0.1) is 0 Å². The van der Waals surface area contributed by atoms with Crippen molar-refractivity contribution in [2.24, 2.45) is 0 Å². The van der Waals surface area contributed by atoms with Gasteiger partial charge in [-0.05, 0) is 97.7 Å². The lowest BCUT2D eigenvalue weighted by atomic mass is 10.1. The number of carbonyl (C=O) groups is 2. The number of rotatable bonds is 17. The van der Waals surface area contributed by atoms with Gasteiger partial charge in [0.15, 0.2) is 5.13 Å². The lowest BCUT2D eigenvalue weighted by Crippen LogP contribution is -2.40. The second-order valence-electron chi connectivity index (χ2n) is 12.7. The largest absolute Gasteiger partial charge is 0.444 e. The molecule has 0 bridgehead atoms. The Bertz CT molecular complexity index is 1520. The number of fused-ring (bicyclic) bond motifs is 1. The van der Waals surface area contributed by atoms with Crippen LogP contribution < -0.4 is 20.1 Å². The molecule has 0 unspecified atom stereocenters. The lowest BCUT2D eigenvalue weighted by Gasteiger charge is -2.30. The van der Waals surface area contributed by atoms with Crippen molar-refractivity contribution in [2.75, 3.05) is 30.3 Å². The van der Waals surface area contributed by atoms with Gasteiger partial charge in [0.1, 0.15) is 16.2 Å². The molecule has 0 fully saturated rings. The third-order valence-electron chi connectivity index (χ3n) is 6.98. The van der Waals surface area contributed by atoms with E-state index in [1.54, 1.807) is 30.3 Å². The van der Waals surface area contributed by atoms with Gasteiger partial charge in [0.25, 0.3) is 0 Å². The van der Waals surface area contributed by atoms with Crippen LogP contribution in [0.2, 0.25) is 0 Å². The number of unbranched alkanes of at least 4 members (excludes halogenated alkanes) is 3. The SMILES string of the molecule is CC(C)N(CCNc1ccc(S(=O)(=O)Oc2ccc3nc(NC(=O)CCCCCCNC(=O)OC(C)(C)C)sc3c2)cc1)C(C)C. The lowest BCUT2D eigenvalue weighted by molar-refractivity contribution is -0.116. The number of amides is 2. The number of hydrogen-bond acceptors (Lipinski definition) is 10. The molecule has 0 aliphatic carbocycles. The predicted octanol–water partition coefficient (Wildman–Crippen LogP) is 7.01. The van der Waals surface area contributed by atoms with Crippen LogP contribution >= 0.6 is 11.3 Å². The molecule has 11 nitrogen and oxygen atoms in total. The molecular formula is C33H49N5O6S2. The van der Waals surface area contributed by atoms with Crippen LogP contribution in [-0.2, 0) is 19.6 Å². The van der Waals surface area contributed by atoms with Crippen molar-refractivity contribution in [3.63, 3.8) is 0 Å². The van der Waals surface area contributed by atoms with Crippen LogP contribution in [0.25, 0.3) is 10.2 Å². The van der Waals surface area contributed by atoms with Gasteiger partial charge in [-0.2, -0.15) is 8.42 Å². The van der Waals surface area contributed by atoms with Crippen molar-refractivity contribution in [1.29, 1.82) is 0 Å². The molecule has 13 heteroatoms. The van der Waals surface area contributed by atoms with E-state index in [-0.39, 0.29) is 16.6 Å². The number of aromatic nitrogens is 1. The molecule has 0 saturated heterocycles. The van der Waals surface area contributed by atoms with Crippen LogP contribution in [0.5, 0.6) is 5.75 Å². The number of ether oxygens (including phenoxy) is 1. The van der Waals surface area contributed by atoms with E-state index in [9.17, 15) is 18.0 Å². The summed E-state index contributed by atoms with van der Waals surface area (Å²) in [5, 5.41) is 9.35. The number of alkyl carbamates (subject to hydrolysis) is 1. The summed E-state index contributed by atoms with van der Waals surface area (Å²) in [6.07, 6.45) is 3.18. The molecule has 46 heavy (non-hydrogen) atoms. The number of benzene rings is 2. The van der Waals surface area contributed by atoms with E-state index in [0.29, 0.717) is 46.8 Å². The minimum absolute atomic E-state index is 0.0562. The first kappa shape index (κ1) is 37.0. The average molecular weight is 676 g/mol. The van der Waals surface area contributed by atoms with Crippen molar-refractivity contribution in [1.82, 2.24) is 15.2 Å². The molecule has 0 saturated carbocycles. The van der Waals surface area contributed by atoms with Crippen LogP contribution in [0.15, 0.2) is 47.4 Å². The Morgan fingerprint density at radius 3 is 2.26 bits per heavy atom. The van der Waals surface area contributed by atoms with E-state index in [2.05, 4.69) is 53.5 Å². The Kier molecular flexibility index (Phi) is 13.6. The van der Waals surface area contributed by atoms with Gasteiger partial charge in [0.2, 0.25) is 5.91 Å². The van der Waals surface area contributed by atoms with Crippen LogP contribution in [0.4, 0.5) is 15.6 Å². The third kappa shape index (κ3) is 12.4. The number of carbonyl (C=O) groups excluding carboxylic acids is 2. The van der Waals surface area contributed by atoms with Crippen molar-refractivity contribution >= 4 is 54.5 Å². The van der Waals surface area contributed by atoms with Gasteiger partial charge in [0, 0.05) is 49.9 Å². The van der Waals surface area contributed by atoms with E-state index in [1.807, 2.05) is 20.8 Å². The van der Waals surface area contributed by atoms with Crippen LogP contribution in [0.1, 0.15) is 80.6 Å². The van der Waals surface area contributed by atoms with E-state index in [4.69, 9.17) is 8.92 Å². The molecule has 0 aliphatic rings. The van der Waals surface area contributed by atoms with Gasteiger partial charge in [-0.15, -0.1) is 0 Å². The summed E-state index contributed by atoms with van der Waals surface area (Å²) in [7, 11) is -4.05. The number of thiazole rings is 1. The van der Waals surface area contributed by atoms with Gasteiger partial charge in [-0.1, -0.05) is 24.2 Å². The number of anilines is 2. The first-order chi connectivity index (χ1) is 21.6. The van der Waals surface area contributed by atoms with Crippen molar-refractivity contribution in [3.05, 3.63) is 42.5 Å². The Morgan fingerprint density at radius 1 is 0.935 bits per heavy atom. The molecule has 0 radical (unpaired) electrons. The molecule has 0 aliphatic heterocycles. The number of nitrogens with one attached hydrogen (secondary N) is 3. The maximum absolute atomic E-state index is 13.0. The quantitative estimate of drug-likeness (QED) is 0.102. The Morgan fingerprint density at radius 2 is 1.61 bits per heavy atom. The maximum Gasteiger partial charge on any atom is 0.407 e. The van der Waals surface area contributed by atoms with Gasteiger partial charge < -0.3 is 24.9 Å². The molecule has 1 heterocycles. The summed E-state index contributed by atoms with van der Waals surface area (Å²) in [6, 6.07) is 12.2. The third-order valence-corrected chi connectivity index (χ3v) is 9.17. The fraction of sp³-hybridized carbons (Fsp3) is 0.545. The summed E-state index contributed by atoms with van der Waals surface area (Å²) in [5.41, 5.74) is 0.943. The molecule has 3 N–H and O–H groups in total. The van der Waals surface area contributed by atoms with E-state index >= 15 is 0 Å². The fourth-order valence-corrected chi connectivity index (χ4v) is 6.65. The predicted molar refractivity (Wildman–Crippen MR) is 185 cm³/mol. The molecule has 0 spiro atoms. The number of hydrogen-bond donors (Lipinski definition) is 3. The second-order valence-corrected chi connectivity index (χ2v) is 15.3. The normalized spacial score (nSPS) is 12.1. The number of nitrogens with zero attached hydrogens (tertiary/aromatic N) is 2. The summed E-state index contributed by atoms with van der Waals surface area (Å²) in [6.45, 7) is 16.3. The van der Waals surface area contributed by atoms with E-state index in [1.165, 1.54) is 23.5 Å². The molecule has 254 valence electrons. The molecule has 2 aromatic carbocycles. The van der Waals surface area contributed by atoms with Crippen molar-refractivity contribution in [3.8, 4) is 5.75 Å². The first-order valence-electron chi connectivity index (χ1n) is 15.8. The zero-order valence-corrected chi connectivity index (χ0v) is 29.6. The standard InChI is InChI=1S/C33H49N5O6S2/c1-23(2)38(24(3)4)21-20-34-25-13-16-27(17-14-25)46(41,42)44-26-15-18-28-29(22-26)45-31(36-28)37-30(39)12-10-8-9-11-19-35-32(40)43-33(5,6)7/h13-18,22-24,34H,8-12,19-21H2,1-7H3,(H,35,40)(H,36,37,39). The monoisotopic (exact) mass is 675 g/mol. The van der Waals surface area contributed by atoms with Crippen molar-refractivity contribution in [2.45, 2.75) is 103 Å².